The summed E-state index contributed by atoms with van der Waals surface area (Å²) >= 11 is 0. The second kappa shape index (κ2) is 7.91. The lowest BCUT2D eigenvalue weighted by molar-refractivity contribution is -0.133. The van der Waals surface area contributed by atoms with Crippen molar-refractivity contribution >= 4 is 28.9 Å². The van der Waals surface area contributed by atoms with E-state index in [0.717, 1.165) is 30.2 Å². The Morgan fingerprint density at radius 3 is 2.50 bits per heavy atom. The zero-order chi connectivity index (χ0) is 18.5. The number of ether oxygens (including phenoxy) is 1. The molecule has 1 aliphatic heterocycles. The largest absolute Gasteiger partial charge is 0.423 e. The van der Waals surface area contributed by atoms with E-state index in [1.807, 2.05) is 36.4 Å². The minimum Gasteiger partial charge on any atom is -0.423 e. The molecule has 0 atom stereocenters. The third-order valence-electron chi connectivity index (χ3n) is 4.36. The van der Waals surface area contributed by atoms with Gasteiger partial charge in [-0.3, -0.25) is 4.79 Å². The number of para-hydroxylation sites is 2. The molecule has 0 fully saturated rings. The zero-order valence-corrected chi connectivity index (χ0v) is 15.1. The van der Waals surface area contributed by atoms with Gasteiger partial charge in [0.15, 0.2) is 5.75 Å². The minimum atomic E-state index is -0.361. The van der Waals surface area contributed by atoms with Gasteiger partial charge in [0.05, 0.1) is 12.2 Å². The lowest BCUT2D eigenvalue weighted by atomic mass is 10.2. The van der Waals surface area contributed by atoms with Crippen molar-refractivity contribution in [3.8, 4) is 5.75 Å². The molecule has 0 spiro atoms. The van der Waals surface area contributed by atoms with Gasteiger partial charge in [-0.2, -0.15) is 0 Å². The summed E-state index contributed by atoms with van der Waals surface area (Å²) in [6, 6.07) is 15.0. The van der Waals surface area contributed by atoms with Gasteiger partial charge in [0.2, 0.25) is 5.91 Å². The molecule has 136 valence electrons. The average Bonchev–Trinajstić information content (AvgIpc) is 2.64. The highest BCUT2D eigenvalue weighted by molar-refractivity contribution is 5.96. The monoisotopic (exact) mass is 353 g/mol. The Balaban J connectivity index is 1.65. The van der Waals surface area contributed by atoms with Crippen molar-refractivity contribution in [1.82, 2.24) is 0 Å². The van der Waals surface area contributed by atoms with Crippen LogP contribution in [0.3, 0.4) is 0 Å². The van der Waals surface area contributed by atoms with E-state index in [-0.39, 0.29) is 25.0 Å². The topological polar surface area (TPSA) is 61.9 Å². The fourth-order valence-corrected chi connectivity index (χ4v) is 3.06. The van der Waals surface area contributed by atoms with Crippen molar-refractivity contribution in [3.63, 3.8) is 0 Å². The van der Waals surface area contributed by atoms with E-state index >= 15 is 0 Å². The van der Waals surface area contributed by atoms with Crippen LogP contribution in [0.15, 0.2) is 48.5 Å². The molecule has 1 N–H and O–H groups in total. The van der Waals surface area contributed by atoms with Gasteiger partial charge in [0.25, 0.3) is 0 Å². The molecular formula is C20H23N3O3. The van der Waals surface area contributed by atoms with Gasteiger partial charge in [-0.05, 0) is 50.2 Å². The van der Waals surface area contributed by atoms with E-state index in [1.165, 1.54) is 0 Å². The fraction of sp³-hybridized carbons (Fsp3) is 0.300. The van der Waals surface area contributed by atoms with Gasteiger partial charge >= 0.3 is 5.97 Å². The maximum Gasteiger partial charge on any atom is 0.331 e. The Bertz CT molecular complexity index is 785. The predicted molar refractivity (Wildman–Crippen MR) is 103 cm³/mol. The number of esters is 1. The maximum atomic E-state index is 12.4. The number of hydrogen-bond donors (Lipinski definition) is 1. The van der Waals surface area contributed by atoms with Crippen LogP contribution >= 0.6 is 0 Å². The molecule has 0 saturated carbocycles. The maximum absolute atomic E-state index is 12.4. The second-order valence-corrected chi connectivity index (χ2v) is 6.07. The van der Waals surface area contributed by atoms with Crippen LogP contribution in [-0.4, -0.2) is 38.1 Å². The molecule has 0 bridgehead atoms. The zero-order valence-electron chi connectivity index (χ0n) is 15.1. The predicted octanol–water partition coefficient (Wildman–Crippen LogP) is 2.90. The molecule has 26 heavy (non-hydrogen) atoms. The number of nitrogens with one attached hydrogen (secondary N) is 1. The van der Waals surface area contributed by atoms with Crippen molar-refractivity contribution in [3.05, 3.63) is 48.5 Å². The summed E-state index contributed by atoms with van der Waals surface area (Å²) in [5.41, 5.74) is 2.61. The Kier molecular flexibility index (Phi) is 5.41. The van der Waals surface area contributed by atoms with Crippen molar-refractivity contribution in [2.75, 3.05) is 41.3 Å². The van der Waals surface area contributed by atoms with Crippen molar-refractivity contribution in [1.29, 1.82) is 0 Å². The Labute approximate surface area is 153 Å². The standard InChI is InChI=1S/C20H23N3O3/c1-3-22(4-2)16-11-9-15(10-12-16)21-19(24)13-23-14-20(25)26-18-8-6-5-7-17(18)23/h5-12H,3-4,13-14H2,1-2H3,(H,21,24). The molecule has 6 nitrogen and oxygen atoms in total. The van der Waals surface area contributed by atoms with E-state index in [2.05, 4.69) is 24.1 Å². The number of amides is 1. The van der Waals surface area contributed by atoms with Gasteiger partial charge in [-0.25, -0.2) is 4.79 Å². The summed E-state index contributed by atoms with van der Waals surface area (Å²) in [6.45, 7) is 6.25. The smallest absolute Gasteiger partial charge is 0.331 e. The minimum absolute atomic E-state index is 0.0608. The Hall–Kier alpha value is -3.02. The van der Waals surface area contributed by atoms with E-state index in [9.17, 15) is 9.59 Å². The third kappa shape index (κ3) is 3.96. The molecule has 1 heterocycles. The number of rotatable bonds is 6. The number of hydrogen-bond acceptors (Lipinski definition) is 5. The molecule has 2 aromatic rings. The molecule has 0 saturated heterocycles. The van der Waals surface area contributed by atoms with Crippen LogP contribution in [0.4, 0.5) is 17.1 Å². The first-order chi connectivity index (χ1) is 12.6. The summed E-state index contributed by atoms with van der Waals surface area (Å²) in [5, 5.41) is 2.89. The Morgan fingerprint density at radius 1 is 1.12 bits per heavy atom. The fourth-order valence-electron chi connectivity index (χ4n) is 3.06. The number of carbonyl (C=O) groups is 2. The van der Waals surface area contributed by atoms with Crippen LogP contribution in [0.25, 0.3) is 0 Å². The number of anilines is 3. The van der Waals surface area contributed by atoms with Crippen LogP contribution in [0.2, 0.25) is 0 Å². The van der Waals surface area contributed by atoms with Crippen LogP contribution < -0.4 is 19.9 Å². The van der Waals surface area contributed by atoms with Crippen LogP contribution in [0.5, 0.6) is 5.75 Å². The van der Waals surface area contributed by atoms with Crippen molar-refractivity contribution in [2.24, 2.45) is 0 Å². The van der Waals surface area contributed by atoms with Gasteiger partial charge in [0.1, 0.15) is 6.54 Å². The molecule has 0 aliphatic carbocycles. The summed E-state index contributed by atoms with van der Waals surface area (Å²) in [6.07, 6.45) is 0. The van der Waals surface area contributed by atoms with Crippen molar-refractivity contribution < 1.29 is 14.3 Å². The van der Waals surface area contributed by atoms with E-state index in [1.54, 1.807) is 17.0 Å². The normalized spacial score (nSPS) is 13.0. The molecule has 0 unspecified atom stereocenters. The van der Waals surface area contributed by atoms with E-state index < -0.39 is 0 Å². The summed E-state index contributed by atoms with van der Waals surface area (Å²) in [7, 11) is 0. The summed E-state index contributed by atoms with van der Waals surface area (Å²) in [4.78, 5) is 28.1. The molecule has 6 heteroatoms. The third-order valence-corrected chi connectivity index (χ3v) is 4.36. The van der Waals surface area contributed by atoms with Gasteiger partial charge in [-0.1, -0.05) is 12.1 Å². The van der Waals surface area contributed by atoms with Crippen LogP contribution in [0, 0.1) is 0 Å². The molecule has 1 aliphatic rings. The summed E-state index contributed by atoms with van der Waals surface area (Å²) in [5.74, 6) is -0.0507. The Morgan fingerprint density at radius 2 is 1.81 bits per heavy atom. The molecule has 2 aromatic carbocycles. The van der Waals surface area contributed by atoms with E-state index in [0.29, 0.717) is 5.75 Å². The first-order valence-electron chi connectivity index (χ1n) is 8.80. The van der Waals surface area contributed by atoms with Gasteiger partial charge in [-0.15, -0.1) is 0 Å². The number of carbonyl (C=O) groups excluding carboxylic acids is 2. The lowest BCUT2D eigenvalue weighted by Gasteiger charge is -2.29. The molecule has 0 aromatic heterocycles. The highest BCUT2D eigenvalue weighted by Crippen LogP contribution is 2.31. The first kappa shape index (κ1) is 17.8. The molecule has 3 rings (SSSR count). The highest BCUT2D eigenvalue weighted by Gasteiger charge is 2.25. The first-order valence-corrected chi connectivity index (χ1v) is 8.80. The number of nitrogens with zero attached hydrogens (tertiary/aromatic N) is 2. The summed E-state index contributed by atoms with van der Waals surface area (Å²) < 4.78 is 5.20. The quantitative estimate of drug-likeness (QED) is 0.639. The number of benzene rings is 2. The van der Waals surface area contributed by atoms with Crippen LogP contribution in [0.1, 0.15) is 13.8 Å². The molecule has 0 radical (unpaired) electrons. The number of fused-ring (bicyclic) bond motifs is 1. The van der Waals surface area contributed by atoms with Gasteiger partial charge in [0, 0.05) is 24.5 Å². The van der Waals surface area contributed by atoms with Gasteiger partial charge < -0.3 is 19.9 Å². The van der Waals surface area contributed by atoms with Crippen molar-refractivity contribution in [2.45, 2.75) is 13.8 Å². The molecule has 1 amide bonds. The lowest BCUT2D eigenvalue weighted by Crippen LogP contribution is -2.41. The average molecular weight is 353 g/mol. The highest BCUT2D eigenvalue weighted by atomic mass is 16.5. The SMILES string of the molecule is CCN(CC)c1ccc(NC(=O)CN2CC(=O)Oc3ccccc32)cc1. The van der Waals surface area contributed by atoms with Crippen LogP contribution in [-0.2, 0) is 9.59 Å². The van der Waals surface area contributed by atoms with E-state index in [4.69, 9.17) is 4.74 Å². The second-order valence-electron chi connectivity index (χ2n) is 6.07. The molecular weight excluding hydrogens is 330 g/mol.